The summed E-state index contributed by atoms with van der Waals surface area (Å²) < 4.78 is 5.78. The van der Waals surface area contributed by atoms with Gasteiger partial charge in [0, 0.05) is 29.1 Å². The minimum atomic E-state index is 0. The molecule has 0 N–H and O–H groups in total. The van der Waals surface area contributed by atoms with Crippen molar-refractivity contribution in [3.05, 3.63) is 34.0 Å². The maximum Gasteiger partial charge on any atom is 0.134 e. The zero-order valence-electron chi connectivity index (χ0n) is 9.92. The number of aryl methyl sites for hydroxylation is 1. The van der Waals surface area contributed by atoms with E-state index in [0.29, 0.717) is 0 Å². The molecule has 0 unspecified atom stereocenters. The number of furan rings is 1. The summed E-state index contributed by atoms with van der Waals surface area (Å²) in [4.78, 5) is 2.31. The second-order valence-corrected chi connectivity index (χ2v) is 4.93. The van der Waals surface area contributed by atoms with Gasteiger partial charge < -0.3 is 9.32 Å². The average Bonchev–Trinajstić information content (AvgIpc) is 2.46. The summed E-state index contributed by atoms with van der Waals surface area (Å²) in [5.41, 5.74) is 3.52. The van der Waals surface area contributed by atoms with E-state index >= 15 is 0 Å². The van der Waals surface area contributed by atoms with Crippen LogP contribution in [0.1, 0.15) is 16.9 Å². The van der Waals surface area contributed by atoms with E-state index in [4.69, 9.17) is 16.0 Å². The lowest BCUT2D eigenvalue weighted by Crippen LogP contribution is -2.18. The van der Waals surface area contributed by atoms with Gasteiger partial charge in [0.05, 0.1) is 0 Å². The Labute approximate surface area is 112 Å². The third-order valence-corrected chi connectivity index (χ3v) is 3.73. The summed E-state index contributed by atoms with van der Waals surface area (Å²) in [5.74, 6) is 1.02. The standard InChI is InChI=1S/C13H14ClNO.ClH/c1-8-10-7-15(2)6-5-9-11(14)3-4-12(16-8)13(9)10;/h3-4H,5-7H2,1-2H3;1H. The third kappa shape index (κ3) is 1.95. The molecule has 1 aliphatic heterocycles. The van der Waals surface area contributed by atoms with E-state index in [2.05, 4.69) is 11.9 Å². The number of rotatable bonds is 0. The van der Waals surface area contributed by atoms with E-state index in [1.807, 2.05) is 19.1 Å². The van der Waals surface area contributed by atoms with Crippen molar-refractivity contribution >= 4 is 35.0 Å². The molecule has 0 saturated heterocycles. The number of hydrogen-bond donors (Lipinski definition) is 0. The van der Waals surface area contributed by atoms with Crippen molar-refractivity contribution in [3.63, 3.8) is 0 Å². The summed E-state index contributed by atoms with van der Waals surface area (Å²) in [6.45, 7) is 4.03. The smallest absolute Gasteiger partial charge is 0.134 e. The molecule has 0 saturated carbocycles. The van der Waals surface area contributed by atoms with Crippen LogP contribution in [0.25, 0.3) is 11.0 Å². The van der Waals surface area contributed by atoms with Crippen LogP contribution in [-0.2, 0) is 13.0 Å². The molecule has 1 aliphatic rings. The number of hydrogen-bond acceptors (Lipinski definition) is 2. The first-order valence-electron chi connectivity index (χ1n) is 5.54. The Morgan fingerprint density at radius 3 is 2.82 bits per heavy atom. The fraction of sp³-hybridized carbons (Fsp3) is 0.385. The predicted molar refractivity (Wildman–Crippen MR) is 73.2 cm³/mol. The number of benzene rings is 1. The molecule has 17 heavy (non-hydrogen) atoms. The van der Waals surface area contributed by atoms with Gasteiger partial charge in [-0.15, -0.1) is 12.4 Å². The van der Waals surface area contributed by atoms with Crippen LogP contribution in [0.3, 0.4) is 0 Å². The van der Waals surface area contributed by atoms with Crippen LogP contribution in [-0.4, -0.2) is 18.5 Å². The predicted octanol–water partition coefficient (Wildman–Crippen LogP) is 3.80. The first-order valence-corrected chi connectivity index (χ1v) is 5.92. The van der Waals surface area contributed by atoms with Crippen molar-refractivity contribution in [2.24, 2.45) is 0 Å². The molecule has 0 spiro atoms. The summed E-state index contributed by atoms with van der Waals surface area (Å²) in [7, 11) is 2.14. The van der Waals surface area contributed by atoms with Gasteiger partial charge in [0.25, 0.3) is 0 Å². The molecule has 0 atom stereocenters. The van der Waals surface area contributed by atoms with E-state index in [1.165, 1.54) is 16.5 Å². The second kappa shape index (κ2) is 4.52. The normalized spacial score (nSPS) is 15.7. The molecule has 2 heterocycles. The Morgan fingerprint density at radius 2 is 2.06 bits per heavy atom. The molecule has 2 nitrogen and oxygen atoms in total. The van der Waals surface area contributed by atoms with Crippen LogP contribution < -0.4 is 0 Å². The number of nitrogens with zero attached hydrogens (tertiary/aromatic N) is 1. The van der Waals surface area contributed by atoms with Gasteiger partial charge in [0.1, 0.15) is 11.3 Å². The molecular weight excluding hydrogens is 257 g/mol. The van der Waals surface area contributed by atoms with E-state index in [0.717, 1.165) is 35.9 Å². The summed E-state index contributed by atoms with van der Waals surface area (Å²) in [5, 5.41) is 2.11. The van der Waals surface area contributed by atoms with Crippen molar-refractivity contribution in [2.75, 3.05) is 13.6 Å². The SMILES string of the molecule is Cc1oc2ccc(Cl)c3c2c1CN(C)CC3.Cl. The lowest BCUT2D eigenvalue weighted by atomic mass is 10.0. The van der Waals surface area contributed by atoms with Gasteiger partial charge in [-0.3, -0.25) is 0 Å². The maximum atomic E-state index is 6.28. The zero-order chi connectivity index (χ0) is 11.3. The third-order valence-electron chi connectivity index (χ3n) is 3.38. The Kier molecular flexibility index (Phi) is 3.39. The molecule has 0 amide bonds. The van der Waals surface area contributed by atoms with Crippen molar-refractivity contribution in [1.82, 2.24) is 4.90 Å². The molecule has 3 rings (SSSR count). The summed E-state index contributed by atoms with van der Waals surface area (Å²) >= 11 is 6.28. The van der Waals surface area contributed by atoms with E-state index < -0.39 is 0 Å². The minimum Gasteiger partial charge on any atom is -0.461 e. The fourth-order valence-electron chi connectivity index (χ4n) is 2.51. The fourth-order valence-corrected chi connectivity index (χ4v) is 2.76. The highest BCUT2D eigenvalue weighted by Gasteiger charge is 2.21. The Morgan fingerprint density at radius 1 is 1.29 bits per heavy atom. The first-order chi connectivity index (χ1) is 7.66. The molecule has 1 aromatic heterocycles. The zero-order valence-corrected chi connectivity index (χ0v) is 11.5. The molecule has 0 radical (unpaired) electrons. The second-order valence-electron chi connectivity index (χ2n) is 4.52. The van der Waals surface area contributed by atoms with E-state index in [-0.39, 0.29) is 12.4 Å². The largest absolute Gasteiger partial charge is 0.461 e. The van der Waals surface area contributed by atoms with E-state index in [1.54, 1.807) is 0 Å². The number of likely N-dealkylation sites (N-methyl/N-ethyl adjacent to an activating group) is 1. The first kappa shape index (κ1) is 12.7. The molecule has 2 aromatic rings. The van der Waals surface area contributed by atoms with Crippen molar-refractivity contribution in [3.8, 4) is 0 Å². The van der Waals surface area contributed by atoms with Crippen LogP contribution in [0.5, 0.6) is 0 Å². The monoisotopic (exact) mass is 271 g/mol. The maximum absolute atomic E-state index is 6.28. The Bertz CT molecular complexity index is 562. The van der Waals surface area contributed by atoms with Gasteiger partial charge in [-0.1, -0.05) is 11.6 Å². The lowest BCUT2D eigenvalue weighted by Gasteiger charge is -2.12. The molecule has 92 valence electrons. The molecule has 1 aromatic carbocycles. The van der Waals surface area contributed by atoms with Crippen LogP contribution in [0.2, 0.25) is 5.02 Å². The van der Waals surface area contributed by atoms with Gasteiger partial charge in [-0.2, -0.15) is 0 Å². The van der Waals surface area contributed by atoms with E-state index in [9.17, 15) is 0 Å². The van der Waals surface area contributed by atoms with Crippen LogP contribution >= 0.6 is 24.0 Å². The van der Waals surface area contributed by atoms with Crippen LogP contribution in [0.15, 0.2) is 16.5 Å². The van der Waals surface area contributed by atoms with Crippen LogP contribution in [0.4, 0.5) is 0 Å². The van der Waals surface area contributed by atoms with Gasteiger partial charge in [0.15, 0.2) is 0 Å². The molecular formula is C13H15Cl2NO. The minimum absolute atomic E-state index is 0. The van der Waals surface area contributed by atoms with Crippen molar-refractivity contribution < 1.29 is 4.42 Å². The van der Waals surface area contributed by atoms with Gasteiger partial charge in [0.2, 0.25) is 0 Å². The molecule has 0 bridgehead atoms. The van der Waals surface area contributed by atoms with Crippen LogP contribution in [0, 0.1) is 6.92 Å². The summed E-state index contributed by atoms with van der Waals surface area (Å²) in [6.07, 6.45) is 0.999. The average molecular weight is 272 g/mol. The number of halogens is 2. The molecule has 4 heteroatoms. The van der Waals surface area contributed by atoms with Gasteiger partial charge >= 0.3 is 0 Å². The highest BCUT2D eigenvalue weighted by molar-refractivity contribution is 6.32. The Balaban J connectivity index is 0.00000108. The highest BCUT2D eigenvalue weighted by atomic mass is 35.5. The van der Waals surface area contributed by atoms with Crippen molar-refractivity contribution in [1.29, 1.82) is 0 Å². The van der Waals surface area contributed by atoms with Crippen molar-refractivity contribution in [2.45, 2.75) is 19.9 Å². The lowest BCUT2D eigenvalue weighted by molar-refractivity contribution is 0.333. The van der Waals surface area contributed by atoms with Gasteiger partial charge in [-0.05, 0) is 38.1 Å². The molecule has 0 aliphatic carbocycles. The summed E-state index contributed by atoms with van der Waals surface area (Å²) in [6, 6.07) is 3.92. The topological polar surface area (TPSA) is 16.4 Å². The molecule has 0 fully saturated rings. The highest BCUT2D eigenvalue weighted by Crippen LogP contribution is 2.35. The quantitative estimate of drug-likeness (QED) is 0.725. The van der Waals surface area contributed by atoms with Gasteiger partial charge in [-0.25, -0.2) is 0 Å². The Hall–Kier alpha value is -0.700.